The van der Waals surface area contributed by atoms with E-state index in [1.807, 2.05) is 18.2 Å². The van der Waals surface area contributed by atoms with Gasteiger partial charge in [-0.15, -0.1) is 0 Å². The zero-order valence-electron chi connectivity index (χ0n) is 11.9. The molecule has 0 aliphatic carbocycles. The molecule has 19 heavy (non-hydrogen) atoms. The van der Waals surface area contributed by atoms with Gasteiger partial charge in [0.05, 0.1) is 6.10 Å². The number of hydrogen-bond donors (Lipinski definition) is 1. The molecule has 2 rings (SSSR count). The van der Waals surface area contributed by atoms with Crippen LogP contribution in [0.2, 0.25) is 0 Å². The van der Waals surface area contributed by atoms with Crippen LogP contribution in [0.15, 0.2) is 28.7 Å². The molecule has 0 radical (unpaired) electrons. The highest BCUT2D eigenvalue weighted by atomic mass is 79.9. The standard InChI is InChI=1S/C16H24BrNO/c1-3-16(2,18-10-6-7-11-18)15(19)12-13-8-4-5-9-14(13)17/h4-5,8-9,15,19H,3,6-7,10-12H2,1-2H3. The van der Waals surface area contributed by atoms with Crippen molar-refractivity contribution in [1.82, 2.24) is 4.90 Å². The third-order valence-electron chi connectivity index (χ3n) is 4.63. The first-order valence-electron chi connectivity index (χ1n) is 7.24. The van der Waals surface area contributed by atoms with Crippen molar-refractivity contribution in [2.45, 2.75) is 51.2 Å². The van der Waals surface area contributed by atoms with Crippen LogP contribution in [0.4, 0.5) is 0 Å². The Kier molecular flexibility index (Phi) is 5.04. The van der Waals surface area contributed by atoms with Crippen LogP contribution < -0.4 is 0 Å². The number of rotatable bonds is 5. The molecular formula is C16H24BrNO. The summed E-state index contributed by atoms with van der Waals surface area (Å²) in [5.41, 5.74) is 1.08. The van der Waals surface area contributed by atoms with E-state index in [1.165, 1.54) is 18.4 Å². The van der Waals surface area contributed by atoms with Crippen LogP contribution in [0.5, 0.6) is 0 Å². The summed E-state index contributed by atoms with van der Waals surface area (Å²) in [6.45, 7) is 6.64. The predicted octanol–water partition coefficient (Wildman–Crippen LogP) is 3.62. The van der Waals surface area contributed by atoms with Gasteiger partial charge in [-0.25, -0.2) is 0 Å². The van der Waals surface area contributed by atoms with E-state index in [4.69, 9.17) is 0 Å². The van der Waals surface area contributed by atoms with Gasteiger partial charge >= 0.3 is 0 Å². The summed E-state index contributed by atoms with van der Waals surface area (Å²) in [6, 6.07) is 8.18. The van der Waals surface area contributed by atoms with Gasteiger partial charge in [-0.3, -0.25) is 4.90 Å². The van der Waals surface area contributed by atoms with E-state index in [9.17, 15) is 5.11 Å². The Morgan fingerprint density at radius 1 is 1.32 bits per heavy atom. The molecule has 0 spiro atoms. The van der Waals surface area contributed by atoms with Crippen LogP contribution in [0.25, 0.3) is 0 Å². The molecule has 1 fully saturated rings. The van der Waals surface area contributed by atoms with E-state index in [-0.39, 0.29) is 11.6 Å². The number of likely N-dealkylation sites (tertiary alicyclic amines) is 1. The maximum absolute atomic E-state index is 10.7. The van der Waals surface area contributed by atoms with E-state index in [0.29, 0.717) is 6.42 Å². The summed E-state index contributed by atoms with van der Waals surface area (Å²) in [7, 11) is 0. The Hall–Kier alpha value is -0.380. The lowest BCUT2D eigenvalue weighted by Gasteiger charge is -2.42. The predicted molar refractivity (Wildman–Crippen MR) is 83.4 cm³/mol. The number of benzene rings is 1. The van der Waals surface area contributed by atoms with Gasteiger partial charge in [0, 0.05) is 16.4 Å². The molecule has 106 valence electrons. The number of hydrogen-bond acceptors (Lipinski definition) is 2. The molecule has 0 amide bonds. The summed E-state index contributed by atoms with van der Waals surface area (Å²) in [4.78, 5) is 2.47. The molecule has 1 aromatic carbocycles. The molecule has 1 aliphatic rings. The second-order valence-electron chi connectivity index (χ2n) is 5.72. The normalized spacial score (nSPS) is 21.3. The summed E-state index contributed by atoms with van der Waals surface area (Å²) >= 11 is 3.57. The summed E-state index contributed by atoms with van der Waals surface area (Å²) in [6.07, 6.45) is 3.89. The molecule has 1 heterocycles. The molecular weight excluding hydrogens is 302 g/mol. The van der Waals surface area contributed by atoms with E-state index >= 15 is 0 Å². The summed E-state index contributed by atoms with van der Waals surface area (Å²) < 4.78 is 1.09. The average molecular weight is 326 g/mol. The fourth-order valence-corrected chi connectivity index (χ4v) is 3.44. The Bertz CT molecular complexity index is 417. The molecule has 0 saturated carbocycles. The first-order chi connectivity index (χ1) is 9.08. The van der Waals surface area contributed by atoms with Crippen molar-refractivity contribution in [2.75, 3.05) is 13.1 Å². The Balaban J connectivity index is 2.12. The van der Waals surface area contributed by atoms with Crippen LogP contribution in [0, 0.1) is 0 Å². The van der Waals surface area contributed by atoms with Gasteiger partial charge in [-0.1, -0.05) is 41.1 Å². The van der Waals surface area contributed by atoms with Crippen molar-refractivity contribution in [1.29, 1.82) is 0 Å². The van der Waals surface area contributed by atoms with E-state index in [2.05, 4.69) is 40.7 Å². The van der Waals surface area contributed by atoms with Crippen molar-refractivity contribution in [3.05, 3.63) is 34.3 Å². The van der Waals surface area contributed by atoms with Gasteiger partial charge in [0.15, 0.2) is 0 Å². The maximum Gasteiger partial charge on any atom is 0.0761 e. The highest BCUT2D eigenvalue weighted by Crippen LogP contribution is 2.30. The van der Waals surface area contributed by atoms with Gasteiger partial charge in [-0.05, 0) is 50.9 Å². The minimum Gasteiger partial charge on any atom is -0.391 e. The van der Waals surface area contributed by atoms with E-state index in [1.54, 1.807) is 0 Å². The van der Waals surface area contributed by atoms with Gasteiger partial charge < -0.3 is 5.11 Å². The maximum atomic E-state index is 10.7. The largest absolute Gasteiger partial charge is 0.391 e. The summed E-state index contributed by atoms with van der Waals surface area (Å²) in [5, 5.41) is 10.7. The highest BCUT2D eigenvalue weighted by molar-refractivity contribution is 9.10. The second-order valence-corrected chi connectivity index (χ2v) is 6.57. The van der Waals surface area contributed by atoms with Crippen molar-refractivity contribution in [2.24, 2.45) is 0 Å². The fourth-order valence-electron chi connectivity index (χ4n) is 2.99. The van der Waals surface area contributed by atoms with Crippen molar-refractivity contribution < 1.29 is 5.11 Å². The quantitative estimate of drug-likeness (QED) is 0.893. The third kappa shape index (κ3) is 3.21. The van der Waals surface area contributed by atoms with Crippen molar-refractivity contribution >= 4 is 15.9 Å². The fraction of sp³-hybridized carbons (Fsp3) is 0.625. The lowest BCUT2D eigenvalue weighted by atomic mass is 9.86. The van der Waals surface area contributed by atoms with Crippen LogP contribution in [-0.2, 0) is 6.42 Å². The highest BCUT2D eigenvalue weighted by Gasteiger charge is 2.38. The topological polar surface area (TPSA) is 23.5 Å². The zero-order valence-corrected chi connectivity index (χ0v) is 13.5. The zero-order chi connectivity index (χ0) is 13.9. The second kappa shape index (κ2) is 6.38. The Labute approximate surface area is 124 Å². The van der Waals surface area contributed by atoms with E-state index < -0.39 is 0 Å². The van der Waals surface area contributed by atoms with E-state index in [0.717, 1.165) is 24.0 Å². The van der Waals surface area contributed by atoms with Gasteiger partial charge in [-0.2, -0.15) is 0 Å². The SMILES string of the molecule is CCC(C)(C(O)Cc1ccccc1Br)N1CCCC1. The Morgan fingerprint density at radius 3 is 2.53 bits per heavy atom. The minimum atomic E-state index is -0.325. The minimum absolute atomic E-state index is 0.105. The average Bonchev–Trinajstić information content (AvgIpc) is 2.95. The molecule has 3 heteroatoms. The monoisotopic (exact) mass is 325 g/mol. The molecule has 1 saturated heterocycles. The van der Waals surface area contributed by atoms with Crippen LogP contribution in [0.1, 0.15) is 38.7 Å². The molecule has 0 aromatic heterocycles. The van der Waals surface area contributed by atoms with Crippen LogP contribution in [0.3, 0.4) is 0 Å². The third-order valence-corrected chi connectivity index (χ3v) is 5.41. The first kappa shape index (κ1) is 15.0. The van der Waals surface area contributed by atoms with Crippen LogP contribution in [-0.4, -0.2) is 34.7 Å². The number of aliphatic hydroxyl groups excluding tert-OH is 1. The Morgan fingerprint density at radius 2 is 1.95 bits per heavy atom. The number of aliphatic hydroxyl groups is 1. The first-order valence-corrected chi connectivity index (χ1v) is 8.03. The lowest BCUT2D eigenvalue weighted by molar-refractivity contribution is -0.0118. The summed E-state index contributed by atoms with van der Waals surface area (Å²) in [5.74, 6) is 0. The number of halogens is 1. The smallest absolute Gasteiger partial charge is 0.0761 e. The molecule has 2 unspecified atom stereocenters. The van der Waals surface area contributed by atoms with Gasteiger partial charge in [0.2, 0.25) is 0 Å². The molecule has 1 aliphatic heterocycles. The number of nitrogens with zero attached hydrogens (tertiary/aromatic N) is 1. The molecule has 2 nitrogen and oxygen atoms in total. The molecule has 0 bridgehead atoms. The molecule has 1 N–H and O–H groups in total. The molecule has 1 aromatic rings. The van der Waals surface area contributed by atoms with Gasteiger partial charge in [0.25, 0.3) is 0 Å². The lowest BCUT2D eigenvalue weighted by Crippen LogP contribution is -2.53. The van der Waals surface area contributed by atoms with Gasteiger partial charge in [0.1, 0.15) is 0 Å². The molecule has 2 atom stereocenters. The van der Waals surface area contributed by atoms with Crippen LogP contribution >= 0.6 is 15.9 Å². The van der Waals surface area contributed by atoms with Crippen molar-refractivity contribution in [3.8, 4) is 0 Å². The van der Waals surface area contributed by atoms with Crippen molar-refractivity contribution in [3.63, 3.8) is 0 Å².